The van der Waals surface area contributed by atoms with Crippen molar-refractivity contribution in [1.82, 2.24) is 15.5 Å². The molecule has 8 heteroatoms. The largest absolute Gasteiger partial charge is 0.454 e. The number of nitrogens with one attached hydrogen (secondary N) is 2. The molecule has 6 rings (SSSR count). The Labute approximate surface area is 220 Å². The van der Waals surface area contributed by atoms with Gasteiger partial charge in [-0.2, -0.15) is 0 Å². The van der Waals surface area contributed by atoms with Crippen molar-refractivity contribution in [3.8, 4) is 22.6 Å². The van der Waals surface area contributed by atoms with Crippen LogP contribution in [0.15, 0.2) is 72.8 Å². The van der Waals surface area contributed by atoms with Crippen molar-refractivity contribution in [2.45, 2.75) is 30.3 Å². The van der Waals surface area contributed by atoms with Gasteiger partial charge in [0.1, 0.15) is 0 Å². The number of ether oxygens (including phenoxy) is 2. The monoisotopic (exact) mass is 515 g/mol. The minimum absolute atomic E-state index is 0.000876. The Bertz CT molecular complexity index is 1290. The highest BCUT2D eigenvalue weighted by molar-refractivity contribution is 8.01. The van der Waals surface area contributed by atoms with Crippen LogP contribution in [0.2, 0.25) is 0 Å². The fourth-order valence-electron chi connectivity index (χ4n) is 5.13. The summed E-state index contributed by atoms with van der Waals surface area (Å²) in [4.78, 5) is 27.8. The zero-order valence-electron chi connectivity index (χ0n) is 20.4. The van der Waals surface area contributed by atoms with E-state index in [-0.39, 0.29) is 29.5 Å². The first-order valence-corrected chi connectivity index (χ1v) is 13.6. The molecule has 0 saturated carbocycles. The summed E-state index contributed by atoms with van der Waals surface area (Å²) in [6, 6.07) is 23.5. The van der Waals surface area contributed by atoms with Gasteiger partial charge in [-0.05, 0) is 53.8 Å². The first kappa shape index (κ1) is 23.9. The molecule has 0 bridgehead atoms. The van der Waals surface area contributed by atoms with Gasteiger partial charge in [-0.3, -0.25) is 14.9 Å². The number of benzene rings is 3. The van der Waals surface area contributed by atoms with Gasteiger partial charge in [0, 0.05) is 31.0 Å². The predicted octanol–water partition coefficient (Wildman–Crippen LogP) is 4.04. The van der Waals surface area contributed by atoms with Crippen molar-refractivity contribution in [3.05, 3.63) is 83.9 Å². The van der Waals surface area contributed by atoms with Gasteiger partial charge in [-0.15, -0.1) is 11.8 Å². The topological polar surface area (TPSA) is 79.9 Å². The molecule has 2 amide bonds. The molecule has 3 aliphatic heterocycles. The van der Waals surface area contributed by atoms with Gasteiger partial charge in [0.2, 0.25) is 12.7 Å². The number of carbonyl (C=O) groups is 2. The van der Waals surface area contributed by atoms with Crippen LogP contribution in [0, 0.1) is 0 Å². The van der Waals surface area contributed by atoms with Crippen LogP contribution < -0.4 is 20.1 Å². The second-order valence-corrected chi connectivity index (χ2v) is 11.0. The fraction of sp³-hybridized carbons (Fsp3) is 0.310. The Hall–Kier alpha value is -3.49. The first-order chi connectivity index (χ1) is 18.1. The normalized spacial score (nSPS) is 19.7. The number of thioether (sulfide) groups is 1. The van der Waals surface area contributed by atoms with E-state index in [0.29, 0.717) is 30.9 Å². The zero-order valence-corrected chi connectivity index (χ0v) is 21.3. The van der Waals surface area contributed by atoms with E-state index in [0.717, 1.165) is 41.0 Å². The van der Waals surface area contributed by atoms with Crippen molar-refractivity contribution < 1.29 is 19.1 Å². The minimum Gasteiger partial charge on any atom is -0.454 e. The van der Waals surface area contributed by atoms with E-state index in [1.54, 1.807) is 11.8 Å². The molecule has 7 nitrogen and oxygen atoms in total. The molecule has 37 heavy (non-hydrogen) atoms. The van der Waals surface area contributed by atoms with E-state index >= 15 is 0 Å². The number of hydrogen-bond donors (Lipinski definition) is 2. The zero-order chi connectivity index (χ0) is 25.2. The van der Waals surface area contributed by atoms with E-state index in [1.807, 2.05) is 65.6 Å². The molecule has 3 aliphatic rings. The fourth-order valence-corrected chi connectivity index (χ4v) is 6.54. The summed E-state index contributed by atoms with van der Waals surface area (Å²) in [7, 11) is 0. The molecule has 1 spiro atoms. The van der Waals surface area contributed by atoms with Gasteiger partial charge < -0.3 is 19.7 Å². The summed E-state index contributed by atoms with van der Waals surface area (Å²) in [6.07, 6.45) is 1.63. The minimum atomic E-state index is -0.244. The molecule has 2 N–H and O–H groups in total. The van der Waals surface area contributed by atoms with Gasteiger partial charge in [-0.1, -0.05) is 48.5 Å². The maximum atomic E-state index is 13.1. The second kappa shape index (κ2) is 10.1. The Morgan fingerprint density at radius 3 is 2.46 bits per heavy atom. The van der Waals surface area contributed by atoms with E-state index in [2.05, 4.69) is 22.8 Å². The van der Waals surface area contributed by atoms with Gasteiger partial charge in [0.05, 0.1) is 10.9 Å². The van der Waals surface area contributed by atoms with Crippen LogP contribution in [-0.4, -0.2) is 53.3 Å². The number of nitrogens with zero attached hydrogens (tertiary/aromatic N) is 1. The standard InChI is InChI=1S/C29H29N3O4S/c33-27(30-17-20-6-11-25-26(16-20)36-19-35-25)24-18-37-29(31-24)12-14-32(15-13-29)28(34)23-9-7-22(8-10-23)21-4-2-1-3-5-21/h1-11,16,24,31H,12-15,17-19H2,(H,30,33). The molecule has 3 heterocycles. The lowest BCUT2D eigenvalue weighted by molar-refractivity contribution is -0.122. The van der Waals surface area contributed by atoms with Crippen LogP contribution in [0.1, 0.15) is 28.8 Å². The summed E-state index contributed by atoms with van der Waals surface area (Å²) in [6.45, 7) is 2.02. The number of amides is 2. The average molecular weight is 516 g/mol. The summed E-state index contributed by atoms with van der Waals surface area (Å²) in [5, 5.41) is 6.62. The maximum Gasteiger partial charge on any atom is 0.253 e. The highest BCUT2D eigenvalue weighted by Gasteiger charge is 2.44. The summed E-state index contributed by atoms with van der Waals surface area (Å²) in [5.74, 6) is 2.24. The quantitative estimate of drug-likeness (QED) is 0.534. The molecule has 1 unspecified atom stereocenters. The first-order valence-electron chi connectivity index (χ1n) is 12.6. The molecule has 2 fully saturated rings. The van der Waals surface area contributed by atoms with Gasteiger partial charge in [0.15, 0.2) is 11.5 Å². The van der Waals surface area contributed by atoms with Crippen molar-refractivity contribution >= 4 is 23.6 Å². The third kappa shape index (κ3) is 5.04. The Morgan fingerprint density at radius 1 is 0.946 bits per heavy atom. The third-order valence-electron chi connectivity index (χ3n) is 7.28. The summed E-state index contributed by atoms with van der Waals surface area (Å²) >= 11 is 1.80. The number of rotatable bonds is 5. The van der Waals surface area contributed by atoms with Gasteiger partial charge in [-0.25, -0.2) is 0 Å². The predicted molar refractivity (Wildman–Crippen MR) is 144 cm³/mol. The summed E-state index contributed by atoms with van der Waals surface area (Å²) in [5.41, 5.74) is 3.93. The van der Waals surface area contributed by atoms with Crippen molar-refractivity contribution in [2.75, 3.05) is 25.6 Å². The molecule has 0 aromatic heterocycles. The van der Waals surface area contributed by atoms with Crippen LogP contribution in [0.4, 0.5) is 0 Å². The Kier molecular flexibility index (Phi) is 6.52. The number of fused-ring (bicyclic) bond motifs is 1. The number of hydrogen-bond acceptors (Lipinski definition) is 6. The molecule has 2 saturated heterocycles. The summed E-state index contributed by atoms with van der Waals surface area (Å²) < 4.78 is 10.8. The molecular formula is C29H29N3O4S. The van der Waals surface area contributed by atoms with Crippen LogP contribution in [-0.2, 0) is 11.3 Å². The lowest BCUT2D eigenvalue weighted by atomic mass is 10.0. The van der Waals surface area contributed by atoms with E-state index < -0.39 is 0 Å². The van der Waals surface area contributed by atoms with Crippen LogP contribution in [0.25, 0.3) is 11.1 Å². The lowest BCUT2D eigenvalue weighted by Crippen LogP contribution is -2.54. The van der Waals surface area contributed by atoms with Crippen LogP contribution >= 0.6 is 11.8 Å². The van der Waals surface area contributed by atoms with E-state index in [1.165, 1.54) is 0 Å². The third-order valence-corrected chi connectivity index (χ3v) is 8.86. The molecule has 0 radical (unpaired) electrons. The second-order valence-electron chi connectivity index (χ2n) is 9.64. The van der Waals surface area contributed by atoms with Crippen LogP contribution in [0.3, 0.4) is 0 Å². The number of likely N-dealkylation sites (tertiary alicyclic amines) is 1. The van der Waals surface area contributed by atoms with Gasteiger partial charge >= 0.3 is 0 Å². The molecule has 0 aliphatic carbocycles. The Balaban J connectivity index is 1.00. The number of carbonyl (C=O) groups excluding carboxylic acids is 2. The van der Waals surface area contributed by atoms with E-state index in [4.69, 9.17) is 9.47 Å². The smallest absolute Gasteiger partial charge is 0.253 e. The van der Waals surface area contributed by atoms with Gasteiger partial charge in [0.25, 0.3) is 5.91 Å². The highest BCUT2D eigenvalue weighted by atomic mass is 32.2. The van der Waals surface area contributed by atoms with Crippen molar-refractivity contribution in [3.63, 3.8) is 0 Å². The van der Waals surface area contributed by atoms with Crippen molar-refractivity contribution in [1.29, 1.82) is 0 Å². The Morgan fingerprint density at radius 2 is 1.68 bits per heavy atom. The van der Waals surface area contributed by atoms with E-state index in [9.17, 15) is 9.59 Å². The molecule has 1 atom stereocenters. The molecular weight excluding hydrogens is 486 g/mol. The lowest BCUT2D eigenvalue weighted by Gasteiger charge is -2.39. The number of piperidine rings is 1. The van der Waals surface area contributed by atoms with Crippen molar-refractivity contribution in [2.24, 2.45) is 0 Å². The molecule has 3 aromatic rings. The van der Waals surface area contributed by atoms with Crippen LogP contribution in [0.5, 0.6) is 11.5 Å². The average Bonchev–Trinajstić information content (AvgIpc) is 3.59. The molecule has 190 valence electrons. The maximum absolute atomic E-state index is 13.1. The molecule has 3 aromatic carbocycles. The highest BCUT2D eigenvalue weighted by Crippen LogP contribution is 2.39. The SMILES string of the molecule is O=C(NCc1ccc2c(c1)OCO2)C1CSC2(CCN(C(=O)c3ccc(-c4ccccc4)cc3)CC2)N1.